The highest BCUT2D eigenvalue weighted by molar-refractivity contribution is 5.90. The third kappa shape index (κ3) is 2.00. The SMILES string of the molecule is COc1cc(C(=O)O[C@@H]2CC3CC[C@]2(C)C3(C)C)ccc1O. The van der Waals surface area contributed by atoms with Crippen molar-refractivity contribution in [2.24, 2.45) is 16.7 Å². The molecule has 2 saturated carbocycles. The number of ether oxygens (including phenoxy) is 2. The largest absolute Gasteiger partial charge is 0.504 e. The van der Waals surface area contributed by atoms with Crippen LogP contribution < -0.4 is 4.74 Å². The number of carbonyl (C=O) groups excluding carboxylic acids is 1. The molecule has 120 valence electrons. The van der Waals surface area contributed by atoms with E-state index in [2.05, 4.69) is 20.8 Å². The minimum Gasteiger partial charge on any atom is -0.504 e. The van der Waals surface area contributed by atoms with Crippen LogP contribution in [0.15, 0.2) is 18.2 Å². The van der Waals surface area contributed by atoms with Gasteiger partial charge in [-0.2, -0.15) is 0 Å². The van der Waals surface area contributed by atoms with Gasteiger partial charge in [-0.1, -0.05) is 20.8 Å². The van der Waals surface area contributed by atoms with Gasteiger partial charge < -0.3 is 14.6 Å². The predicted molar refractivity (Wildman–Crippen MR) is 83.1 cm³/mol. The second-order valence-corrected chi connectivity index (χ2v) is 7.39. The van der Waals surface area contributed by atoms with Crippen LogP contribution in [0.25, 0.3) is 0 Å². The Balaban J connectivity index is 1.79. The number of fused-ring (bicyclic) bond motifs is 2. The lowest BCUT2D eigenvalue weighted by Crippen LogP contribution is -2.38. The summed E-state index contributed by atoms with van der Waals surface area (Å²) >= 11 is 0. The summed E-state index contributed by atoms with van der Waals surface area (Å²) in [6, 6.07) is 4.56. The van der Waals surface area contributed by atoms with Gasteiger partial charge in [-0.05, 0) is 48.8 Å². The molecule has 0 aromatic heterocycles. The van der Waals surface area contributed by atoms with E-state index < -0.39 is 0 Å². The van der Waals surface area contributed by atoms with Gasteiger partial charge in [0.2, 0.25) is 0 Å². The maximum absolute atomic E-state index is 12.5. The zero-order valence-electron chi connectivity index (χ0n) is 13.7. The van der Waals surface area contributed by atoms with Gasteiger partial charge in [-0.25, -0.2) is 4.79 Å². The third-order valence-electron chi connectivity index (χ3n) is 6.38. The zero-order valence-corrected chi connectivity index (χ0v) is 13.7. The molecule has 22 heavy (non-hydrogen) atoms. The molecule has 1 aromatic carbocycles. The zero-order chi connectivity index (χ0) is 16.1. The lowest BCUT2D eigenvalue weighted by atomic mass is 9.70. The molecule has 0 heterocycles. The first-order valence-corrected chi connectivity index (χ1v) is 7.87. The van der Waals surface area contributed by atoms with E-state index in [0.717, 1.165) is 12.8 Å². The van der Waals surface area contributed by atoms with Crippen molar-refractivity contribution in [3.63, 3.8) is 0 Å². The first-order valence-electron chi connectivity index (χ1n) is 7.87. The van der Waals surface area contributed by atoms with Crippen LogP contribution >= 0.6 is 0 Å². The molecular formula is C18H24O4. The van der Waals surface area contributed by atoms with Crippen molar-refractivity contribution in [3.8, 4) is 11.5 Å². The van der Waals surface area contributed by atoms with E-state index in [1.807, 2.05) is 0 Å². The van der Waals surface area contributed by atoms with E-state index in [1.54, 1.807) is 6.07 Å². The minimum atomic E-state index is -0.340. The molecule has 2 fully saturated rings. The van der Waals surface area contributed by atoms with E-state index in [9.17, 15) is 9.90 Å². The van der Waals surface area contributed by atoms with Crippen LogP contribution in [0, 0.1) is 16.7 Å². The molecule has 0 spiro atoms. The van der Waals surface area contributed by atoms with Gasteiger partial charge in [0.15, 0.2) is 11.5 Å². The fourth-order valence-electron chi connectivity index (χ4n) is 4.31. The van der Waals surface area contributed by atoms with Crippen molar-refractivity contribution < 1.29 is 19.4 Å². The summed E-state index contributed by atoms with van der Waals surface area (Å²) in [7, 11) is 1.46. The van der Waals surface area contributed by atoms with Gasteiger partial charge in [0.25, 0.3) is 0 Å². The van der Waals surface area contributed by atoms with Gasteiger partial charge in [-0.15, -0.1) is 0 Å². The van der Waals surface area contributed by atoms with Crippen LogP contribution in [0.4, 0.5) is 0 Å². The summed E-state index contributed by atoms with van der Waals surface area (Å²) in [5.41, 5.74) is 0.678. The molecule has 2 aliphatic rings. The van der Waals surface area contributed by atoms with Gasteiger partial charge >= 0.3 is 5.97 Å². The molecule has 0 amide bonds. The molecule has 2 bridgehead atoms. The van der Waals surface area contributed by atoms with Crippen LogP contribution in [0.3, 0.4) is 0 Å². The summed E-state index contributed by atoms with van der Waals surface area (Å²) in [6.45, 7) is 6.83. The summed E-state index contributed by atoms with van der Waals surface area (Å²) < 4.78 is 10.9. The van der Waals surface area contributed by atoms with Crippen LogP contribution in [-0.4, -0.2) is 24.3 Å². The molecule has 0 radical (unpaired) electrons. The quantitative estimate of drug-likeness (QED) is 0.864. The number of esters is 1. The Kier molecular flexibility index (Phi) is 3.38. The second kappa shape index (κ2) is 4.90. The van der Waals surface area contributed by atoms with E-state index in [-0.39, 0.29) is 34.4 Å². The molecule has 3 rings (SSSR count). The molecule has 0 saturated heterocycles. The Morgan fingerprint density at radius 3 is 2.59 bits per heavy atom. The highest BCUT2D eigenvalue weighted by atomic mass is 16.5. The molecular weight excluding hydrogens is 280 g/mol. The number of phenols is 1. The average Bonchev–Trinajstić information content (AvgIpc) is 2.81. The Bertz CT molecular complexity index is 607. The number of rotatable bonds is 3. The van der Waals surface area contributed by atoms with Crippen LogP contribution in [0.2, 0.25) is 0 Å². The summed E-state index contributed by atoms with van der Waals surface area (Å²) in [5.74, 6) is 0.596. The van der Waals surface area contributed by atoms with Gasteiger partial charge in [-0.3, -0.25) is 0 Å². The standard InChI is InChI=1S/C18H24O4/c1-17(2)12-7-8-18(17,3)15(10-12)22-16(20)11-5-6-13(19)14(9-11)21-4/h5-6,9,12,15,19H,7-8,10H2,1-4H3/t12?,15-,18+/m1/s1. The first-order chi connectivity index (χ1) is 10.3. The second-order valence-electron chi connectivity index (χ2n) is 7.39. The molecule has 3 atom stereocenters. The van der Waals surface area contributed by atoms with E-state index in [0.29, 0.717) is 11.5 Å². The van der Waals surface area contributed by atoms with Gasteiger partial charge in [0.05, 0.1) is 12.7 Å². The number of carbonyl (C=O) groups is 1. The van der Waals surface area contributed by atoms with Gasteiger partial charge in [0.1, 0.15) is 6.10 Å². The fraction of sp³-hybridized carbons (Fsp3) is 0.611. The van der Waals surface area contributed by atoms with Gasteiger partial charge in [0, 0.05) is 5.41 Å². The van der Waals surface area contributed by atoms with E-state index in [4.69, 9.17) is 9.47 Å². The van der Waals surface area contributed by atoms with Crippen molar-refractivity contribution in [2.75, 3.05) is 7.11 Å². The van der Waals surface area contributed by atoms with Crippen LogP contribution in [0.1, 0.15) is 50.4 Å². The number of methoxy groups -OCH3 is 1. The molecule has 0 aliphatic heterocycles. The number of benzene rings is 1. The lowest BCUT2D eigenvalue weighted by Gasteiger charge is -2.38. The number of hydrogen-bond donors (Lipinski definition) is 1. The molecule has 4 nitrogen and oxygen atoms in total. The Labute approximate surface area is 131 Å². The normalized spacial score (nSPS) is 32.0. The molecule has 4 heteroatoms. The Morgan fingerprint density at radius 2 is 2.05 bits per heavy atom. The smallest absolute Gasteiger partial charge is 0.338 e. The predicted octanol–water partition coefficient (Wildman–Crippen LogP) is 3.77. The first kappa shape index (κ1) is 15.2. The maximum Gasteiger partial charge on any atom is 0.338 e. The highest BCUT2D eigenvalue weighted by Crippen LogP contribution is 2.66. The number of phenolic OH excluding ortho intramolecular Hbond substituents is 1. The Hall–Kier alpha value is -1.71. The molecule has 1 aromatic rings. The Morgan fingerprint density at radius 1 is 1.32 bits per heavy atom. The van der Waals surface area contributed by atoms with Crippen LogP contribution in [0.5, 0.6) is 11.5 Å². The highest BCUT2D eigenvalue weighted by Gasteiger charge is 2.62. The summed E-state index contributed by atoms with van der Waals surface area (Å²) in [4.78, 5) is 12.5. The topological polar surface area (TPSA) is 55.8 Å². The number of aromatic hydroxyl groups is 1. The summed E-state index contributed by atoms with van der Waals surface area (Å²) in [5, 5.41) is 9.62. The summed E-state index contributed by atoms with van der Waals surface area (Å²) in [6.07, 6.45) is 3.25. The average molecular weight is 304 g/mol. The molecule has 1 unspecified atom stereocenters. The van der Waals surface area contributed by atoms with Crippen molar-refractivity contribution >= 4 is 5.97 Å². The molecule has 1 N–H and O–H groups in total. The molecule has 2 aliphatic carbocycles. The maximum atomic E-state index is 12.5. The van der Waals surface area contributed by atoms with Crippen LogP contribution in [-0.2, 0) is 4.74 Å². The van der Waals surface area contributed by atoms with Crippen molar-refractivity contribution in [1.29, 1.82) is 0 Å². The van der Waals surface area contributed by atoms with E-state index in [1.165, 1.54) is 25.7 Å². The third-order valence-corrected chi connectivity index (χ3v) is 6.38. The monoisotopic (exact) mass is 304 g/mol. The van der Waals surface area contributed by atoms with E-state index >= 15 is 0 Å². The van der Waals surface area contributed by atoms with Crippen molar-refractivity contribution in [1.82, 2.24) is 0 Å². The fourth-order valence-corrected chi connectivity index (χ4v) is 4.31. The number of hydrogen-bond acceptors (Lipinski definition) is 4. The minimum absolute atomic E-state index is 0.0204. The van der Waals surface area contributed by atoms with Crippen molar-refractivity contribution in [3.05, 3.63) is 23.8 Å². The lowest BCUT2D eigenvalue weighted by molar-refractivity contribution is -0.0242. The van der Waals surface area contributed by atoms with Crippen molar-refractivity contribution in [2.45, 2.75) is 46.1 Å².